The Morgan fingerprint density at radius 3 is 2.14 bits per heavy atom. The molecule has 196 valence electrons. The van der Waals surface area contributed by atoms with E-state index in [9.17, 15) is 9.50 Å². The van der Waals surface area contributed by atoms with Crippen molar-refractivity contribution in [3.63, 3.8) is 0 Å². The number of hydrogen-bond acceptors (Lipinski definition) is 4. The molecule has 0 aliphatic carbocycles. The number of aliphatic hydroxyl groups excluding tert-OH is 1. The average Bonchev–Trinajstić information content (AvgIpc) is 2.83. The Labute approximate surface area is 226 Å². The number of β-amino-alcohol motifs (C(OH)–C–C–N with tert-alkyl or cyclic N) is 1. The molecule has 0 saturated carbocycles. The fourth-order valence-corrected chi connectivity index (χ4v) is 4.70. The molecular weight excluding hydrogens is 498 g/mol. The van der Waals surface area contributed by atoms with Gasteiger partial charge in [0.1, 0.15) is 24.3 Å². The molecule has 4 rings (SSSR count). The number of aliphatic hydroxyl groups is 1. The molecule has 1 fully saturated rings. The van der Waals surface area contributed by atoms with Crippen LogP contribution in [0.4, 0.5) is 10.1 Å². The highest BCUT2D eigenvalue weighted by molar-refractivity contribution is 5.85. The number of aryl methyl sites for hydroxylation is 2. The Kier molecular flexibility index (Phi) is 11.5. The number of piperidine rings is 1. The average molecular weight is 536 g/mol. The van der Waals surface area contributed by atoms with Crippen LogP contribution in [0.25, 0.3) is 0 Å². The number of halogens is 3. The zero-order chi connectivity index (χ0) is 24.1. The molecule has 1 aliphatic heterocycles. The lowest BCUT2D eigenvalue weighted by Crippen LogP contribution is -2.40. The Morgan fingerprint density at radius 2 is 1.53 bits per heavy atom. The van der Waals surface area contributed by atoms with Crippen LogP contribution in [0.5, 0.6) is 5.75 Å². The molecule has 0 bridgehead atoms. The lowest BCUT2D eigenvalue weighted by Gasteiger charge is -2.33. The van der Waals surface area contributed by atoms with Crippen molar-refractivity contribution in [3.8, 4) is 5.75 Å². The number of hydrogen-bond donors (Lipinski definition) is 2. The standard InChI is InChI=1S/C29H35FN2O2.2ClH/c1-20-16-29(21(2)15-28(20)31)34-19-27(33)18-32-13-11-25(12-14-32)24-7-3-22(4-8-24)17-23-5-9-26(30)10-6-23;;/h3-10,15-16,25,27,33H,11-14,17-19,31H2,1-2H3;2*1H. The van der Waals surface area contributed by atoms with Crippen molar-refractivity contribution in [2.75, 3.05) is 32.0 Å². The van der Waals surface area contributed by atoms with E-state index in [0.29, 0.717) is 12.5 Å². The quantitative estimate of drug-likeness (QED) is 0.344. The minimum absolute atomic E-state index is 0. The fourth-order valence-electron chi connectivity index (χ4n) is 4.70. The number of nitrogens with two attached hydrogens (primary N) is 1. The van der Waals surface area contributed by atoms with Crippen molar-refractivity contribution < 1.29 is 14.2 Å². The van der Waals surface area contributed by atoms with Gasteiger partial charge in [-0.05, 0) is 104 Å². The number of rotatable bonds is 8. The van der Waals surface area contributed by atoms with Gasteiger partial charge in [-0.25, -0.2) is 4.39 Å². The van der Waals surface area contributed by atoms with Crippen LogP contribution in [0.3, 0.4) is 0 Å². The predicted molar refractivity (Wildman–Crippen MR) is 150 cm³/mol. The van der Waals surface area contributed by atoms with Crippen molar-refractivity contribution in [3.05, 3.63) is 94.3 Å². The van der Waals surface area contributed by atoms with Gasteiger partial charge in [-0.15, -0.1) is 24.8 Å². The van der Waals surface area contributed by atoms with Crippen molar-refractivity contribution in [1.29, 1.82) is 0 Å². The summed E-state index contributed by atoms with van der Waals surface area (Å²) in [5, 5.41) is 10.5. The molecule has 7 heteroatoms. The van der Waals surface area contributed by atoms with Crippen molar-refractivity contribution in [2.24, 2.45) is 0 Å². The molecule has 1 saturated heterocycles. The molecule has 3 N–H and O–H groups in total. The molecular formula is C29H37Cl2FN2O2. The summed E-state index contributed by atoms with van der Waals surface area (Å²) in [6, 6.07) is 19.4. The third kappa shape index (κ3) is 8.10. The number of anilines is 1. The van der Waals surface area contributed by atoms with E-state index in [2.05, 4.69) is 29.2 Å². The molecule has 1 aliphatic rings. The molecule has 1 heterocycles. The molecule has 1 unspecified atom stereocenters. The van der Waals surface area contributed by atoms with Crippen LogP contribution in [0.2, 0.25) is 0 Å². The monoisotopic (exact) mass is 534 g/mol. The smallest absolute Gasteiger partial charge is 0.123 e. The lowest BCUT2D eigenvalue weighted by molar-refractivity contribution is 0.0592. The first-order valence-electron chi connectivity index (χ1n) is 12.1. The van der Waals surface area contributed by atoms with Crippen LogP contribution in [-0.2, 0) is 6.42 Å². The SMILES string of the molecule is Cc1cc(OCC(O)CN2CCC(c3ccc(Cc4ccc(F)cc4)cc3)CC2)c(C)cc1N.Cl.Cl. The van der Waals surface area contributed by atoms with Gasteiger partial charge in [0.25, 0.3) is 0 Å². The van der Waals surface area contributed by atoms with E-state index < -0.39 is 6.10 Å². The summed E-state index contributed by atoms with van der Waals surface area (Å²) < 4.78 is 19.0. The Balaban J connectivity index is 0.00000228. The van der Waals surface area contributed by atoms with E-state index in [0.717, 1.165) is 60.5 Å². The van der Waals surface area contributed by atoms with Gasteiger partial charge in [-0.3, -0.25) is 0 Å². The zero-order valence-electron chi connectivity index (χ0n) is 21.0. The number of ether oxygens (including phenoxy) is 1. The first kappa shape index (κ1) is 29.9. The van der Waals surface area contributed by atoms with Crippen molar-refractivity contribution in [1.82, 2.24) is 4.90 Å². The minimum Gasteiger partial charge on any atom is -0.491 e. The van der Waals surface area contributed by atoms with Crippen LogP contribution in [-0.4, -0.2) is 42.4 Å². The third-order valence-electron chi connectivity index (χ3n) is 6.82. The summed E-state index contributed by atoms with van der Waals surface area (Å²) in [5.41, 5.74) is 12.4. The Morgan fingerprint density at radius 1 is 0.944 bits per heavy atom. The second-order valence-electron chi connectivity index (χ2n) is 9.56. The van der Waals surface area contributed by atoms with Gasteiger partial charge in [0.2, 0.25) is 0 Å². The zero-order valence-corrected chi connectivity index (χ0v) is 22.6. The molecule has 0 spiro atoms. The van der Waals surface area contributed by atoms with Crippen LogP contribution in [0.15, 0.2) is 60.7 Å². The van der Waals surface area contributed by atoms with E-state index in [1.165, 1.54) is 23.3 Å². The first-order chi connectivity index (χ1) is 16.4. The first-order valence-corrected chi connectivity index (χ1v) is 12.1. The van der Waals surface area contributed by atoms with E-state index in [4.69, 9.17) is 10.5 Å². The molecule has 0 aromatic heterocycles. The second-order valence-corrected chi connectivity index (χ2v) is 9.56. The molecule has 0 amide bonds. The van der Waals surface area contributed by atoms with Crippen LogP contribution < -0.4 is 10.5 Å². The van der Waals surface area contributed by atoms with Gasteiger partial charge >= 0.3 is 0 Å². The largest absolute Gasteiger partial charge is 0.491 e. The highest BCUT2D eigenvalue weighted by atomic mass is 35.5. The minimum atomic E-state index is -0.528. The summed E-state index contributed by atoms with van der Waals surface area (Å²) in [4.78, 5) is 2.33. The Hall–Kier alpha value is -2.31. The highest BCUT2D eigenvalue weighted by Crippen LogP contribution is 2.29. The highest BCUT2D eigenvalue weighted by Gasteiger charge is 2.22. The van der Waals surface area contributed by atoms with Crippen LogP contribution in [0.1, 0.15) is 46.6 Å². The van der Waals surface area contributed by atoms with E-state index in [1.54, 1.807) is 0 Å². The Bertz CT molecular complexity index is 1090. The van der Waals surface area contributed by atoms with Gasteiger partial charge in [0.15, 0.2) is 0 Å². The molecule has 1 atom stereocenters. The summed E-state index contributed by atoms with van der Waals surface area (Å²) in [7, 11) is 0. The van der Waals surface area contributed by atoms with E-state index >= 15 is 0 Å². The molecule has 3 aromatic rings. The summed E-state index contributed by atoms with van der Waals surface area (Å²) in [6.45, 7) is 6.77. The summed E-state index contributed by atoms with van der Waals surface area (Å²) in [6.07, 6.45) is 2.45. The van der Waals surface area contributed by atoms with E-state index in [-0.39, 0.29) is 37.2 Å². The van der Waals surface area contributed by atoms with Gasteiger partial charge in [0.05, 0.1) is 0 Å². The number of likely N-dealkylation sites (tertiary alicyclic amines) is 1. The summed E-state index contributed by atoms with van der Waals surface area (Å²) >= 11 is 0. The number of benzene rings is 3. The third-order valence-corrected chi connectivity index (χ3v) is 6.82. The van der Waals surface area contributed by atoms with E-state index in [1.807, 2.05) is 38.1 Å². The maximum atomic E-state index is 13.1. The van der Waals surface area contributed by atoms with Crippen LogP contribution in [0, 0.1) is 19.7 Å². The number of nitrogen functional groups attached to an aromatic ring is 1. The molecule has 4 nitrogen and oxygen atoms in total. The van der Waals surface area contributed by atoms with Crippen molar-refractivity contribution in [2.45, 2.75) is 45.1 Å². The van der Waals surface area contributed by atoms with Crippen molar-refractivity contribution >= 4 is 30.5 Å². The van der Waals surface area contributed by atoms with Gasteiger partial charge in [0, 0.05) is 12.2 Å². The predicted octanol–water partition coefficient (Wildman–Crippen LogP) is 6.08. The maximum absolute atomic E-state index is 13.1. The molecule has 0 radical (unpaired) electrons. The lowest BCUT2D eigenvalue weighted by atomic mass is 9.88. The second kappa shape index (κ2) is 13.8. The van der Waals surface area contributed by atoms with Crippen LogP contribution >= 0.6 is 24.8 Å². The maximum Gasteiger partial charge on any atom is 0.123 e. The number of nitrogens with zero attached hydrogens (tertiary/aromatic N) is 1. The molecule has 3 aromatic carbocycles. The molecule has 36 heavy (non-hydrogen) atoms. The fraction of sp³-hybridized carbons (Fsp3) is 0.379. The van der Waals surface area contributed by atoms with Gasteiger partial charge < -0.3 is 20.5 Å². The normalized spacial score (nSPS) is 15.0. The topological polar surface area (TPSA) is 58.7 Å². The van der Waals surface area contributed by atoms with Gasteiger partial charge in [-0.2, -0.15) is 0 Å². The van der Waals surface area contributed by atoms with Gasteiger partial charge in [-0.1, -0.05) is 36.4 Å². The summed E-state index contributed by atoms with van der Waals surface area (Å²) in [5.74, 6) is 1.13.